The number of carboxylic acid groups (broad SMARTS) is 1. The van der Waals surface area contributed by atoms with Crippen LogP contribution < -0.4 is 5.32 Å². The first-order valence-electron chi connectivity index (χ1n) is 11.7. The maximum Gasteiger partial charge on any atom is 0.306 e. The van der Waals surface area contributed by atoms with Crippen LogP contribution in [-0.4, -0.2) is 33.1 Å². The lowest BCUT2D eigenvalue weighted by atomic mass is 9.82. The van der Waals surface area contributed by atoms with Crippen LogP contribution in [-0.2, 0) is 11.3 Å². The molecule has 8 heteroatoms. The molecular weight excluding hydrogens is 530 g/mol. The molecule has 35 heavy (non-hydrogen) atoms. The van der Waals surface area contributed by atoms with Crippen molar-refractivity contribution >= 4 is 61.2 Å². The van der Waals surface area contributed by atoms with Gasteiger partial charge in [0.15, 0.2) is 0 Å². The van der Waals surface area contributed by atoms with E-state index in [0.717, 1.165) is 40.3 Å². The number of carboxylic acids is 1. The second-order valence-electron chi connectivity index (χ2n) is 9.19. The number of pyridine rings is 1. The summed E-state index contributed by atoms with van der Waals surface area (Å²) in [7, 11) is 0. The van der Waals surface area contributed by atoms with E-state index < -0.39 is 5.97 Å². The minimum atomic E-state index is -0.725. The first kappa shape index (κ1) is 23.8. The molecule has 2 aromatic heterocycles. The number of carbonyl (C=O) groups excluding carboxylic acids is 1. The fourth-order valence-electron chi connectivity index (χ4n) is 4.97. The molecule has 0 spiro atoms. The lowest BCUT2D eigenvalue weighted by molar-refractivity contribution is -0.143. The van der Waals surface area contributed by atoms with Gasteiger partial charge in [-0.2, -0.15) is 0 Å². The van der Waals surface area contributed by atoms with Crippen molar-refractivity contribution in [2.75, 3.05) is 6.54 Å². The van der Waals surface area contributed by atoms with E-state index in [0.29, 0.717) is 41.0 Å². The summed E-state index contributed by atoms with van der Waals surface area (Å²) in [4.78, 5) is 29.4. The van der Waals surface area contributed by atoms with Crippen LogP contribution in [0.5, 0.6) is 0 Å². The Kier molecular flexibility index (Phi) is 6.80. The third kappa shape index (κ3) is 4.93. The molecule has 0 unspecified atom stereocenters. The Hall–Kier alpha value is -2.90. The van der Waals surface area contributed by atoms with Crippen LogP contribution >= 0.6 is 27.5 Å². The van der Waals surface area contributed by atoms with E-state index in [2.05, 4.69) is 27.3 Å². The second-order valence-corrected chi connectivity index (χ2v) is 10.4. The molecule has 5 rings (SSSR count). The number of aliphatic carboxylic acids is 1. The SMILES string of the molecule is O=C(NC[C@H]1CC[C@H](C(=O)O)CC1)c1c(Cl)c(Br)cc2ccn(Cc3ccc4ccccc4n3)c12. The van der Waals surface area contributed by atoms with E-state index in [-0.39, 0.29) is 17.7 Å². The zero-order valence-electron chi connectivity index (χ0n) is 19.0. The van der Waals surface area contributed by atoms with Crippen LogP contribution in [0.4, 0.5) is 0 Å². The highest BCUT2D eigenvalue weighted by Crippen LogP contribution is 2.35. The van der Waals surface area contributed by atoms with E-state index in [4.69, 9.17) is 16.6 Å². The number of nitrogens with one attached hydrogen (secondary N) is 1. The van der Waals surface area contributed by atoms with Gasteiger partial charge in [0.25, 0.3) is 5.91 Å². The number of carbonyl (C=O) groups is 2. The number of para-hydroxylation sites is 1. The second kappa shape index (κ2) is 9.99. The third-order valence-corrected chi connectivity index (χ3v) is 8.15. The van der Waals surface area contributed by atoms with Gasteiger partial charge >= 0.3 is 5.97 Å². The number of aromatic nitrogens is 2. The van der Waals surface area contributed by atoms with Crippen molar-refractivity contribution in [1.29, 1.82) is 0 Å². The van der Waals surface area contributed by atoms with Crippen molar-refractivity contribution in [3.8, 4) is 0 Å². The quantitative estimate of drug-likeness (QED) is 0.294. The van der Waals surface area contributed by atoms with E-state index in [1.807, 2.05) is 53.2 Å². The summed E-state index contributed by atoms with van der Waals surface area (Å²) in [5.74, 6) is -0.955. The standard InChI is InChI=1S/C27H25BrClN3O3/c28-21-13-19-11-12-32(15-20-10-9-17-3-1-2-4-22(17)31-20)25(19)23(24(21)29)26(33)30-14-16-5-7-18(8-6-16)27(34)35/h1-4,9-13,16,18H,5-8,14-15H2,(H,30,33)(H,34,35)/t16-,18-. The van der Waals surface area contributed by atoms with Gasteiger partial charge in [-0.1, -0.05) is 35.9 Å². The van der Waals surface area contributed by atoms with Crippen molar-refractivity contribution in [1.82, 2.24) is 14.9 Å². The van der Waals surface area contributed by atoms with Gasteiger partial charge < -0.3 is 15.0 Å². The van der Waals surface area contributed by atoms with Crippen molar-refractivity contribution in [3.63, 3.8) is 0 Å². The van der Waals surface area contributed by atoms with Gasteiger partial charge in [-0.05, 0) is 71.8 Å². The summed E-state index contributed by atoms with van der Waals surface area (Å²) >= 11 is 10.1. The first-order chi connectivity index (χ1) is 16.9. The van der Waals surface area contributed by atoms with Crippen LogP contribution in [0, 0.1) is 11.8 Å². The topological polar surface area (TPSA) is 84.2 Å². The van der Waals surface area contributed by atoms with Gasteiger partial charge in [-0.25, -0.2) is 0 Å². The van der Waals surface area contributed by atoms with Crippen molar-refractivity contribution in [2.24, 2.45) is 11.8 Å². The maximum absolute atomic E-state index is 13.4. The molecule has 0 saturated heterocycles. The highest BCUT2D eigenvalue weighted by Gasteiger charge is 2.27. The number of nitrogens with zero attached hydrogens (tertiary/aromatic N) is 2. The maximum atomic E-state index is 13.4. The summed E-state index contributed by atoms with van der Waals surface area (Å²) in [6.45, 7) is 1.01. The molecule has 180 valence electrons. The Bertz CT molecular complexity index is 1430. The molecule has 1 fully saturated rings. The van der Waals surface area contributed by atoms with Gasteiger partial charge in [0.1, 0.15) is 0 Å². The fourth-order valence-corrected chi connectivity index (χ4v) is 5.64. The molecule has 1 aliphatic rings. The summed E-state index contributed by atoms with van der Waals surface area (Å²) in [5.41, 5.74) is 3.01. The minimum Gasteiger partial charge on any atom is -0.481 e. The highest BCUT2D eigenvalue weighted by atomic mass is 79.9. The van der Waals surface area contributed by atoms with Crippen LogP contribution in [0.15, 0.2) is 59.2 Å². The molecule has 2 aromatic carbocycles. The molecule has 0 bridgehead atoms. The third-order valence-electron chi connectivity index (χ3n) is 6.91. The van der Waals surface area contributed by atoms with E-state index >= 15 is 0 Å². The first-order valence-corrected chi connectivity index (χ1v) is 12.9. The van der Waals surface area contributed by atoms with Gasteiger partial charge in [-0.15, -0.1) is 0 Å². The highest BCUT2D eigenvalue weighted by molar-refractivity contribution is 9.10. The molecule has 0 aliphatic heterocycles. The smallest absolute Gasteiger partial charge is 0.306 e. The van der Waals surface area contributed by atoms with Gasteiger partial charge in [0.05, 0.1) is 39.8 Å². The zero-order valence-corrected chi connectivity index (χ0v) is 21.3. The normalized spacial score (nSPS) is 18.1. The number of halogens is 2. The number of rotatable bonds is 6. The van der Waals surface area contributed by atoms with Crippen molar-refractivity contribution < 1.29 is 14.7 Å². The number of fused-ring (bicyclic) bond motifs is 2. The van der Waals surface area contributed by atoms with Crippen molar-refractivity contribution in [2.45, 2.75) is 32.2 Å². The molecule has 6 nitrogen and oxygen atoms in total. The molecule has 0 radical (unpaired) electrons. The average molecular weight is 555 g/mol. The van der Waals surface area contributed by atoms with E-state index in [1.54, 1.807) is 0 Å². The number of amides is 1. The van der Waals surface area contributed by atoms with Crippen LogP contribution in [0.1, 0.15) is 41.7 Å². The lowest BCUT2D eigenvalue weighted by Gasteiger charge is -2.26. The van der Waals surface area contributed by atoms with Gasteiger partial charge in [0, 0.05) is 28.0 Å². The summed E-state index contributed by atoms with van der Waals surface area (Å²) in [5, 5.41) is 14.6. The van der Waals surface area contributed by atoms with Crippen LogP contribution in [0.25, 0.3) is 21.8 Å². The van der Waals surface area contributed by atoms with Crippen molar-refractivity contribution in [3.05, 3.63) is 75.5 Å². The van der Waals surface area contributed by atoms with Crippen LogP contribution in [0.3, 0.4) is 0 Å². The van der Waals surface area contributed by atoms with Gasteiger partial charge in [-0.3, -0.25) is 14.6 Å². The Balaban J connectivity index is 1.40. The molecule has 1 saturated carbocycles. The summed E-state index contributed by atoms with van der Waals surface area (Å²) in [6.07, 6.45) is 4.85. The monoisotopic (exact) mass is 553 g/mol. The number of benzene rings is 2. The molecular formula is C27H25BrClN3O3. The molecule has 2 N–H and O–H groups in total. The largest absolute Gasteiger partial charge is 0.481 e. The predicted octanol–water partition coefficient (Wildman–Crippen LogP) is 6.27. The van der Waals surface area contributed by atoms with Crippen LogP contribution in [0.2, 0.25) is 5.02 Å². The van der Waals surface area contributed by atoms with Gasteiger partial charge in [0.2, 0.25) is 0 Å². The predicted molar refractivity (Wildman–Crippen MR) is 141 cm³/mol. The number of hydrogen-bond donors (Lipinski definition) is 2. The number of hydrogen-bond acceptors (Lipinski definition) is 3. The zero-order chi connectivity index (χ0) is 24.5. The summed E-state index contributed by atoms with van der Waals surface area (Å²) in [6, 6.07) is 15.9. The Labute approximate surface area is 216 Å². The molecule has 1 amide bonds. The minimum absolute atomic E-state index is 0.229. The Morgan fingerprint density at radius 2 is 1.86 bits per heavy atom. The molecule has 4 aromatic rings. The molecule has 2 heterocycles. The lowest BCUT2D eigenvalue weighted by Crippen LogP contribution is -2.33. The molecule has 1 aliphatic carbocycles. The fraction of sp³-hybridized carbons (Fsp3) is 0.296. The molecule has 0 atom stereocenters. The summed E-state index contributed by atoms with van der Waals surface area (Å²) < 4.78 is 2.68. The average Bonchev–Trinajstić information content (AvgIpc) is 3.25. The van der Waals surface area contributed by atoms with E-state index in [1.165, 1.54) is 0 Å². The van der Waals surface area contributed by atoms with E-state index in [9.17, 15) is 14.7 Å². The Morgan fingerprint density at radius 3 is 2.63 bits per heavy atom. The Morgan fingerprint density at radius 1 is 1.09 bits per heavy atom.